The van der Waals surface area contributed by atoms with Crippen LogP contribution < -0.4 is 4.74 Å². The van der Waals surface area contributed by atoms with Gasteiger partial charge in [-0.05, 0) is 67.1 Å². The highest BCUT2D eigenvalue weighted by atomic mass is 19.1. The first-order valence-electron chi connectivity index (χ1n) is 11.7. The van der Waals surface area contributed by atoms with Crippen molar-refractivity contribution < 1.29 is 9.13 Å². The van der Waals surface area contributed by atoms with Crippen molar-refractivity contribution in [1.82, 2.24) is 9.38 Å². The minimum absolute atomic E-state index is 0.323. The zero-order chi connectivity index (χ0) is 23.4. The number of allylic oxidation sites excluding steroid dienone is 1. The van der Waals surface area contributed by atoms with Gasteiger partial charge in [-0.15, -0.1) is 0 Å². The third-order valence-corrected chi connectivity index (χ3v) is 6.89. The molecule has 34 heavy (non-hydrogen) atoms. The van der Waals surface area contributed by atoms with Crippen LogP contribution in [0.5, 0.6) is 5.75 Å². The number of aromatic nitrogens is 2. The van der Waals surface area contributed by atoms with Gasteiger partial charge in [0.25, 0.3) is 0 Å². The quantitative estimate of drug-likeness (QED) is 0.336. The summed E-state index contributed by atoms with van der Waals surface area (Å²) in [7, 11) is 0. The molecule has 2 aromatic carbocycles. The summed E-state index contributed by atoms with van der Waals surface area (Å²) in [5.41, 5.74) is 9.93. The van der Waals surface area contributed by atoms with Crippen LogP contribution in [0, 0.1) is 24.1 Å². The van der Waals surface area contributed by atoms with E-state index < -0.39 is 0 Å². The number of hydrogen-bond acceptors (Lipinski definition) is 3. The van der Waals surface area contributed by atoms with Crippen LogP contribution >= 0.6 is 0 Å². The lowest BCUT2D eigenvalue weighted by atomic mass is 9.89. The summed E-state index contributed by atoms with van der Waals surface area (Å²) in [4.78, 5) is 5.01. The number of aryl methyl sites for hydroxylation is 1. The van der Waals surface area contributed by atoms with Crippen LogP contribution in [-0.4, -0.2) is 9.38 Å². The number of halogens is 1. The number of ether oxygens (including phenoxy) is 1. The fraction of sp³-hybridized carbons (Fsp3) is 0.241. The second-order valence-corrected chi connectivity index (χ2v) is 9.31. The summed E-state index contributed by atoms with van der Waals surface area (Å²) in [5.74, 6) is 0.668. The van der Waals surface area contributed by atoms with Crippen LogP contribution in [0.3, 0.4) is 0 Å². The number of imidazole rings is 1. The van der Waals surface area contributed by atoms with Gasteiger partial charge in [-0.25, -0.2) is 9.37 Å². The highest BCUT2D eigenvalue weighted by molar-refractivity contribution is 5.88. The Hall–Kier alpha value is -3.91. The third kappa shape index (κ3) is 3.38. The van der Waals surface area contributed by atoms with E-state index in [0.717, 1.165) is 34.3 Å². The van der Waals surface area contributed by atoms with Gasteiger partial charge in [0.1, 0.15) is 23.8 Å². The SMILES string of the molecule is C/C(C#N)=C1/c2ccc(Cc3c(C4CC4)nc4c(C)cccn34)cc2COc2cc(F)ccc21. The molecule has 168 valence electrons. The molecule has 4 nitrogen and oxygen atoms in total. The van der Waals surface area contributed by atoms with E-state index in [1.54, 1.807) is 13.0 Å². The molecule has 0 amide bonds. The molecule has 6 rings (SSSR count). The Morgan fingerprint density at radius 3 is 2.79 bits per heavy atom. The van der Waals surface area contributed by atoms with Crippen LogP contribution in [-0.2, 0) is 13.0 Å². The lowest BCUT2D eigenvalue weighted by molar-refractivity contribution is 0.305. The maximum absolute atomic E-state index is 13.9. The second kappa shape index (κ2) is 7.85. The Balaban J connectivity index is 1.45. The molecule has 1 fully saturated rings. The Bertz CT molecular complexity index is 1540. The van der Waals surface area contributed by atoms with Crippen LogP contribution in [0.25, 0.3) is 11.2 Å². The summed E-state index contributed by atoms with van der Waals surface area (Å²) >= 11 is 0. The zero-order valence-corrected chi connectivity index (χ0v) is 19.2. The van der Waals surface area contributed by atoms with E-state index in [4.69, 9.17) is 9.72 Å². The van der Waals surface area contributed by atoms with Gasteiger partial charge >= 0.3 is 0 Å². The van der Waals surface area contributed by atoms with Crippen molar-refractivity contribution in [3.05, 3.63) is 105 Å². The van der Waals surface area contributed by atoms with Crippen LogP contribution in [0.2, 0.25) is 0 Å². The number of pyridine rings is 1. The maximum atomic E-state index is 13.9. The van der Waals surface area contributed by atoms with Gasteiger partial charge < -0.3 is 9.14 Å². The van der Waals surface area contributed by atoms with Crippen molar-refractivity contribution in [3.8, 4) is 11.8 Å². The molecule has 0 radical (unpaired) electrons. The Kier molecular flexibility index (Phi) is 4.77. The van der Waals surface area contributed by atoms with Gasteiger partial charge in [0, 0.05) is 41.3 Å². The van der Waals surface area contributed by atoms with E-state index in [2.05, 4.69) is 53.9 Å². The predicted octanol–water partition coefficient (Wildman–Crippen LogP) is 6.49. The van der Waals surface area contributed by atoms with Crippen molar-refractivity contribution in [2.75, 3.05) is 0 Å². The smallest absolute Gasteiger partial charge is 0.140 e. The lowest BCUT2D eigenvalue weighted by Crippen LogP contribution is -2.02. The minimum Gasteiger partial charge on any atom is -0.488 e. The van der Waals surface area contributed by atoms with Crippen molar-refractivity contribution in [1.29, 1.82) is 5.26 Å². The Labute approximate surface area is 198 Å². The molecule has 4 aromatic rings. The van der Waals surface area contributed by atoms with Crippen molar-refractivity contribution >= 4 is 11.2 Å². The molecule has 2 aliphatic rings. The molecule has 1 saturated carbocycles. The van der Waals surface area contributed by atoms with Gasteiger partial charge in [0.2, 0.25) is 0 Å². The molecular formula is C29H24FN3O. The van der Waals surface area contributed by atoms with E-state index in [9.17, 15) is 9.65 Å². The first-order valence-corrected chi connectivity index (χ1v) is 11.7. The fourth-order valence-electron chi connectivity index (χ4n) is 5.03. The average molecular weight is 450 g/mol. The number of nitrogens with zero attached hydrogens (tertiary/aromatic N) is 3. The molecule has 3 heterocycles. The zero-order valence-electron chi connectivity index (χ0n) is 19.2. The van der Waals surface area contributed by atoms with Crippen LogP contribution in [0.1, 0.15) is 64.9 Å². The van der Waals surface area contributed by atoms with Gasteiger partial charge in [-0.2, -0.15) is 5.26 Å². The number of nitriles is 1. The van der Waals surface area contributed by atoms with Crippen LogP contribution in [0.4, 0.5) is 4.39 Å². The van der Waals surface area contributed by atoms with E-state index in [1.165, 1.54) is 47.5 Å². The molecule has 0 atom stereocenters. The third-order valence-electron chi connectivity index (χ3n) is 6.89. The molecular weight excluding hydrogens is 425 g/mol. The summed E-state index contributed by atoms with van der Waals surface area (Å²) < 4.78 is 22.2. The largest absolute Gasteiger partial charge is 0.488 e. The molecule has 2 aromatic heterocycles. The maximum Gasteiger partial charge on any atom is 0.140 e. The summed E-state index contributed by atoms with van der Waals surface area (Å²) in [5, 5.41) is 9.69. The van der Waals surface area contributed by atoms with Crippen molar-refractivity contribution in [2.45, 2.75) is 45.6 Å². The molecule has 1 aliphatic heterocycles. The van der Waals surface area contributed by atoms with E-state index in [1.807, 2.05) is 0 Å². The fourth-order valence-corrected chi connectivity index (χ4v) is 5.03. The van der Waals surface area contributed by atoms with Gasteiger partial charge in [-0.1, -0.05) is 24.3 Å². The standard InChI is InChI=1S/C29H24FN3O/c1-17-4-3-11-33-25(28(20-6-7-20)32-29(17)33)13-19-5-9-23-21(12-19)16-34-26-14-22(30)8-10-24(26)27(23)18(2)15-31/h3-5,8-12,14,20H,6-7,13,16H2,1-2H3/b27-18+. The molecule has 0 bridgehead atoms. The summed E-state index contributed by atoms with van der Waals surface area (Å²) in [6, 6.07) is 17.3. The minimum atomic E-state index is -0.352. The highest BCUT2D eigenvalue weighted by Gasteiger charge is 2.30. The van der Waals surface area contributed by atoms with Crippen molar-refractivity contribution in [2.24, 2.45) is 0 Å². The molecule has 0 N–H and O–H groups in total. The average Bonchev–Trinajstić information content (AvgIpc) is 3.63. The predicted molar refractivity (Wildman–Crippen MR) is 129 cm³/mol. The monoisotopic (exact) mass is 449 g/mol. The summed E-state index contributed by atoms with van der Waals surface area (Å²) in [6.45, 7) is 4.23. The molecule has 1 aliphatic carbocycles. The molecule has 5 heteroatoms. The molecule has 0 saturated heterocycles. The molecule has 0 spiro atoms. The first kappa shape index (κ1) is 20.7. The topological polar surface area (TPSA) is 50.3 Å². The number of rotatable bonds is 3. The van der Waals surface area contributed by atoms with Gasteiger partial charge in [0.05, 0.1) is 17.5 Å². The van der Waals surface area contributed by atoms with Crippen molar-refractivity contribution in [3.63, 3.8) is 0 Å². The van der Waals surface area contributed by atoms with E-state index in [0.29, 0.717) is 23.8 Å². The highest BCUT2D eigenvalue weighted by Crippen LogP contribution is 2.43. The molecule has 0 unspecified atom stereocenters. The van der Waals surface area contributed by atoms with Gasteiger partial charge in [-0.3, -0.25) is 0 Å². The number of fused-ring (bicyclic) bond motifs is 3. The Morgan fingerprint density at radius 2 is 2.00 bits per heavy atom. The normalized spacial score (nSPS) is 16.3. The number of benzene rings is 2. The summed E-state index contributed by atoms with van der Waals surface area (Å²) in [6.07, 6.45) is 5.27. The van der Waals surface area contributed by atoms with E-state index in [-0.39, 0.29) is 5.82 Å². The van der Waals surface area contributed by atoms with Crippen LogP contribution in [0.15, 0.2) is 60.3 Å². The number of hydrogen-bond donors (Lipinski definition) is 0. The second-order valence-electron chi connectivity index (χ2n) is 9.31. The van der Waals surface area contributed by atoms with E-state index >= 15 is 0 Å². The first-order chi connectivity index (χ1) is 16.5. The van der Waals surface area contributed by atoms with Gasteiger partial charge in [0.15, 0.2) is 0 Å². The Morgan fingerprint density at radius 1 is 1.18 bits per heavy atom. The lowest BCUT2D eigenvalue weighted by Gasteiger charge is -2.13.